The quantitative estimate of drug-likeness (QED) is 0.848. The third-order valence-corrected chi connectivity index (χ3v) is 3.68. The fraction of sp³-hybridized carbons (Fsp3) is 0.467. The van der Waals surface area contributed by atoms with Gasteiger partial charge in [0.15, 0.2) is 17.4 Å². The monoisotopic (exact) mass is 291 g/mol. The number of halogens is 1. The summed E-state index contributed by atoms with van der Waals surface area (Å²) in [6, 6.07) is 6.62. The number of hydrogen-bond acceptors (Lipinski definition) is 5. The molecule has 0 radical (unpaired) electrons. The minimum atomic E-state index is -0.329. The molecule has 0 N–H and O–H groups in total. The Balaban J connectivity index is 1.56. The summed E-state index contributed by atoms with van der Waals surface area (Å²) in [4.78, 5) is 6.56. The first-order valence-corrected chi connectivity index (χ1v) is 7.15. The molecule has 5 nitrogen and oxygen atoms in total. The van der Waals surface area contributed by atoms with Crippen LogP contribution in [0.25, 0.3) is 0 Å². The van der Waals surface area contributed by atoms with E-state index in [1.807, 2.05) is 0 Å². The zero-order valence-corrected chi connectivity index (χ0v) is 12.0. The van der Waals surface area contributed by atoms with Crippen molar-refractivity contribution in [2.75, 3.05) is 19.7 Å². The largest absolute Gasteiger partial charge is 0.489 e. The van der Waals surface area contributed by atoms with Crippen LogP contribution >= 0.6 is 0 Å². The molecule has 2 heterocycles. The van der Waals surface area contributed by atoms with Gasteiger partial charge in [-0.2, -0.15) is 4.98 Å². The van der Waals surface area contributed by atoms with E-state index in [1.54, 1.807) is 25.1 Å². The lowest BCUT2D eigenvalue weighted by atomic mass is 10.2. The Morgan fingerprint density at radius 2 is 2.29 bits per heavy atom. The summed E-state index contributed by atoms with van der Waals surface area (Å²) in [6.07, 6.45) is 2.11. The summed E-state index contributed by atoms with van der Waals surface area (Å²) < 4.78 is 24.0. The van der Waals surface area contributed by atoms with E-state index in [-0.39, 0.29) is 11.9 Å². The Kier molecular flexibility index (Phi) is 4.15. The Labute approximate surface area is 122 Å². The molecule has 1 unspecified atom stereocenters. The van der Waals surface area contributed by atoms with Crippen LogP contribution in [0.1, 0.15) is 30.6 Å². The summed E-state index contributed by atoms with van der Waals surface area (Å²) >= 11 is 0. The topological polar surface area (TPSA) is 51.4 Å². The van der Waals surface area contributed by atoms with Crippen LogP contribution in [-0.2, 0) is 0 Å². The maximum absolute atomic E-state index is 13.5. The molecular formula is C15H18FN3O2. The van der Waals surface area contributed by atoms with Gasteiger partial charge in [-0.25, -0.2) is 4.39 Å². The highest BCUT2D eigenvalue weighted by Crippen LogP contribution is 2.29. The van der Waals surface area contributed by atoms with Crippen molar-refractivity contribution in [2.24, 2.45) is 0 Å². The Morgan fingerprint density at radius 3 is 3.05 bits per heavy atom. The molecule has 1 fully saturated rings. The first-order valence-electron chi connectivity index (χ1n) is 7.15. The van der Waals surface area contributed by atoms with Crippen LogP contribution in [0.5, 0.6) is 5.75 Å². The zero-order chi connectivity index (χ0) is 14.7. The van der Waals surface area contributed by atoms with Gasteiger partial charge in [0.1, 0.15) is 6.61 Å². The van der Waals surface area contributed by atoms with Crippen LogP contribution in [0.2, 0.25) is 0 Å². The molecular weight excluding hydrogens is 273 g/mol. The summed E-state index contributed by atoms with van der Waals surface area (Å²) in [5.74, 6) is 1.28. The van der Waals surface area contributed by atoms with E-state index in [1.165, 1.54) is 6.07 Å². The van der Waals surface area contributed by atoms with Gasteiger partial charge in [0.2, 0.25) is 5.89 Å². The van der Waals surface area contributed by atoms with Gasteiger partial charge in [0.05, 0.1) is 6.04 Å². The van der Waals surface area contributed by atoms with Crippen molar-refractivity contribution in [3.63, 3.8) is 0 Å². The van der Waals surface area contributed by atoms with Crippen LogP contribution in [0.4, 0.5) is 4.39 Å². The number of likely N-dealkylation sites (tertiary alicyclic amines) is 1. The van der Waals surface area contributed by atoms with Crippen LogP contribution in [0.3, 0.4) is 0 Å². The van der Waals surface area contributed by atoms with Crippen LogP contribution < -0.4 is 4.74 Å². The highest BCUT2D eigenvalue weighted by atomic mass is 19.1. The number of ether oxygens (including phenoxy) is 1. The molecule has 21 heavy (non-hydrogen) atoms. The molecule has 1 aliphatic heterocycles. The first kappa shape index (κ1) is 14.0. The second-order valence-electron chi connectivity index (χ2n) is 5.14. The average Bonchev–Trinajstić information content (AvgIpc) is 3.09. The van der Waals surface area contributed by atoms with Crippen molar-refractivity contribution in [3.05, 3.63) is 41.8 Å². The predicted octanol–water partition coefficient (Wildman–Crippen LogP) is 2.73. The molecule has 0 spiro atoms. The van der Waals surface area contributed by atoms with Crippen molar-refractivity contribution >= 4 is 0 Å². The molecule has 1 aromatic carbocycles. The van der Waals surface area contributed by atoms with E-state index < -0.39 is 0 Å². The van der Waals surface area contributed by atoms with E-state index in [9.17, 15) is 4.39 Å². The molecule has 0 aliphatic carbocycles. The normalized spacial score (nSPS) is 19.0. The molecule has 1 aromatic heterocycles. The molecule has 1 aliphatic rings. The third-order valence-electron chi connectivity index (χ3n) is 3.68. The highest BCUT2D eigenvalue weighted by molar-refractivity contribution is 5.23. The maximum Gasteiger partial charge on any atom is 0.223 e. The summed E-state index contributed by atoms with van der Waals surface area (Å²) in [5.41, 5.74) is 0. The molecule has 2 aromatic rings. The van der Waals surface area contributed by atoms with Crippen LogP contribution in [-0.4, -0.2) is 34.7 Å². The predicted molar refractivity (Wildman–Crippen MR) is 74.5 cm³/mol. The SMILES string of the molecule is Cc1nc(C2CCCN2CCOc2ccccc2F)no1. The van der Waals surface area contributed by atoms with Crippen molar-refractivity contribution in [3.8, 4) is 5.75 Å². The minimum Gasteiger partial charge on any atom is -0.489 e. The standard InChI is InChI=1S/C15H18FN3O2/c1-11-17-15(18-21-11)13-6-4-8-19(13)9-10-20-14-7-3-2-5-12(14)16/h2-3,5,7,13H,4,6,8-10H2,1H3. The molecule has 6 heteroatoms. The highest BCUT2D eigenvalue weighted by Gasteiger charge is 2.29. The lowest BCUT2D eigenvalue weighted by Crippen LogP contribution is -2.28. The van der Waals surface area contributed by atoms with Crippen molar-refractivity contribution in [1.29, 1.82) is 0 Å². The van der Waals surface area contributed by atoms with Gasteiger partial charge in [-0.1, -0.05) is 17.3 Å². The number of aryl methyl sites for hydroxylation is 1. The molecule has 3 rings (SSSR count). The smallest absolute Gasteiger partial charge is 0.223 e. The molecule has 1 atom stereocenters. The fourth-order valence-electron chi connectivity index (χ4n) is 2.67. The van der Waals surface area contributed by atoms with Crippen molar-refractivity contribution in [1.82, 2.24) is 15.0 Å². The second-order valence-corrected chi connectivity index (χ2v) is 5.14. The van der Waals surface area contributed by atoms with Crippen molar-refractivity contribution < 1.29 is 13.7 Å². The zero-order valence-electron chi connectivity index (χ0n) is 12.0. The minimum absolute atomic E-state index is 0.173. The van der Waals surface area contributed by atoms with Gasteiger partial charge >= 0.3 is 0 Å². The number of aromatic nitrogens is 2. The molecule has 1 saturated heterocycles. The van der Waals surface area contributed by atoms with E-state index in [0.717, 1.165) is 25.2 Å². The number of para-hydroxylation sites is 1. The van der Waals surface area contributed by atoms with Gasteiger partial charge < -0.3 is 9.26 Å². The molecule has 0 bridgehead atoms. The Hall–Kier alpha value is -1.95. The Bertz CT molecular complexity index is 602. The average molecular weight is 291 g/mol. The second kappa shape index (κ2) is 6.22. The molecule has 0 saturated carbocycles. The maximum atomic E-state index is 13.5. The van der Waals surface area contributed by atoms with E-state index in [0.29, 0.717) is 24.8 Å². The number of benzene rings is 1. The van der Waals surface area contributed by atoms with E-state index in [2.05, 4.69) is 15.0 Å². The summed E-state index contributed by atoms with van der Waals surface area (Å²) in [7, 11) is 0. The lowest BCUT2D eigenvalue weighted by molar-refractivity contribution is 0.187. The van der Waals surface area contributed by atoms with E-state index >= 15 is 0 Å². The van der Waals surface area contributed by atoms with Crippen LogP contribution in [0.15, 0.2) is 28.8 Å². The first-order chi connectivity index (χ1) is 10.2. The van der Waals surface area contributed by atoms with Crippen molar-refractivity contribution in [2.45, 2.75) is 25.8 Å². The molecule has 0 amide bonds. The lowest BCUT2D eigenvalue weighted by Gasteiger charge is -2.21. The van der Waals surface area contributed by atoms with Gasteiger partial charge in [-0.05, 0) is 31.5 Å². The third kappa shape index (κ3) is 3.21. The van der Waals surface area contributed by atoms with Gasteiger partial charge in [-0.15, -0.1) is 0 Å². The van der Waals surface area contributed by atoms with Gasteiger partial charge in [0, 0.05) is 13.5 Å². The Morgan fingerprint density at radius 1 is 1.43 bits per heavy atom. The molecule has 112 valence electrons. The number of rotatable bonds is 5. The number of hydrogen-bond donors (Lipinski definition) is 0. The summed E-state index contributed by atoms with van der Waals surface area (Å²) in [5, 5.41) is 4.00. The van der Waals surface area contributed by atoms with Gasteiger partial charge in [0.25, 0.3) is 0 Å². The van der Waals surface area contributed by atoms with E-state index in [4.69, 9.17) is 9.26 Å². The number of nitrogens with zero attached hydrogens (tertiary/aromatic N) is 3. The van der Waals surface area contributed by atoms with Gasteiger partial charge in [-0.3, -0.25) is 4.90 Å². The van der Waals surface area contributed by atoms with Crippen LogP contribution in [0, 0.1) is 12.7 Å². The fourth-order valence-corrected chi connectivity index (χ4v) is 2.67. The summed E-state index contributed by atoms with van der Waals surface area (Å²) in [6.45, 7) is 3.91.